The average molecular weight is 372 g/mol. The Morgan fingerprint density at radius 2 is 2.18 bits per heavy atom. The van der Waals surface area contributed by atoms with Crippen LogP contribution in [0.5, 0.6) is 0 Å². The maximum Gasteiger partial charge on any atom is 0.303 e. The molecule has 0 aliphatic carbocycles. The second-order valence-corrected chi connectivity index (χ2v) is 6.55. The standard InChI is InChI=1S/C16H19BrFNO3/c17-14-5-4-13(18)8-12(14)9-15(20)19-7-1-2-11(10-19)3-6-16(21)22/h4-5,8,11H,1-3,6-7,9-10H2,(H,21,22). The van der Waals surface area contributed by atoms with Crippen molar-refractivity contribution in [3.05, 3.63) is 34.1 Å². The van der Waals surface area contributed by atoms with E-state index in [1.54, 1.807) is 11.0 Å². The fourth-order valence-electron chi connectivity index (χ4n) is 2.81. The van der Waals surface area contributed by atoms with Gasteiger partial charge in [-0.15, -0.1) is 0 Å². The lowest BCUT2D eigenvalue weighted by Crippen LogP contribution is -2.40. The molecule has 0 spiro atoms. The topological polar surface area (TPSA) is 57.6 Å². The largest absolute Gasteiger partial charge is 0.481 e. The molecule has 1 fully saturated rings. The summed E-state index contributed by atoms with van der Waals surface area (Å²) in [4.78, 5) is 24.8. The van der Waals surface area contributed by atoms with Gasteiger partial charge in [0.1, 0.15) is 5.82 Å². The van der Waals surface area contributed by atoms with Crippen molar-refractivity contribution in [2.24, 2.45) is 5.92 Å². The van der Waals surface area contributed by atoms with E-state index in [-0.39, 0.29) is 30.5 Å². The summed E-state index contributed by atoms with van der Waals surface area (Å²) in [5, 5.41) is 8.75. The van der Waals surface area contributed by atoms with Crippen molar-refractivity contribution in [3.63, 3.8) is 0 Å². The summed E-state index contributed by atoms with van der Waals surface area (Å²) < 4.78 is 14.0. The first-order valence-corrected chi connectivity index (χ1v) is 8.18. The number of hydrogen-bond acceptors (Lipinski definition) is 2. The minimum Gasteiger partial charge on any atom is -0.481 e. The maximum absolute atomic E-state index is 13.3. The lowest BCUT2D eigenvalue weighted by atomic mass is 9.93. The smallest absolute Gasteiger partial charge is 0.303 e. The van der Waals surface area contributed by atoms with Crippen LogP contribution >= 0.6 is 15.9 Å². The number of hydrogen-bond donors (Lipinski definition) is 1. The Morgan fingerprint density at radius 3 is 2.91 bits per heavy atom. The van der Waals surface area contributed by atoms with E-state index in [4.69, 9.17) is 5.11 Å². The molecule has 1 amide bonds. The van der Waals surface area contributed by atoms with Gasteiger partial charge in [-0.25, -0.2) is 4.39 Å². The molecule has 1 saturated heterocycles. The number of carboxylic acid groups (broad SMARTS) is 1. The van der Waals surface area contributed by atoms with Crippen LogP contribution in [-0.2, 0) is 16.0 Å². The van der Waals surface area contributed by atoms with Crippen molar-refractivity contribution < 1.29 is 19.1 Å². The van der Waals surface area contributed by atoms with Crippen molar-refractivity contribution in [2.75, 3.05) is 13.1 Å². The first-order valence-electron chi connectivity index (χ1n) is 7.39. The highest BCUT2D eigenvalue weighted by atomic mass is 79.9. The van der Waals surface area contributed by atoms with Gasteiger partial charge in [-0.2, -0.15) is 0 Å². The van der Waals surface area contributed by atoms with Gasteiger partial charge in [-0.1, -0.05) is 15.9 Å². The van der Waals surface area contributed by atoms with Crippen molar-refractivity contribution >= 4 is 27.8 Å². The van der Waals surface area contributed by atoms with Gasteiger partial charge >= 0.3 is 5.97 Å². The molecule has 1 heterocycles. The van der Waals surface area contributed by atoms with E-state index in [1.165, 1.54) is 12.1 Å². The predicted molar refractivity (Wildman–Crippen MR) is 84.0 cm³/mol. The zero-order chi connectivity index (χ0) is 16.1. The minimum atomic E-state index is -0.799. The number of nitrogens with zero attached hydrogens (tertiary/aromatic N) is 1. The summed E-state index contributed by atoms with van der Waals surface area (Å²) in [6.45, 7) is 1.29. The van der Waals surface area contributed by atoms with Crippen molar-refractivity contribution in [1.82, 2.24) is 4.90 Å². The molecule has 4 nitrogen and oxygen atoms in total. The number of carboxylic acids is 1. The Bertz CT molecular complexity index is 564. The maximum atomic E-state index is 13.3. The summed E-state index contributed by atoms with van der Waals surface area (Å²) in [5.41, 5.74) is 0.637. The molecule has 0 radical (unpaired) electrons. The number of piperidine rings is 1. The van der Waals surface area contributed by atoms with Crippen LogP contribution in [0.25, 0.3) is 0 Å². The lowest BCUT2D eigenvalue weighted by molar-refractivity contribution is -0.137. The SMILES string of the molecule is O=C(O)CCC1CCCN(C(=O)Cc2cc(F)ccc2Br)C1. The second-order valence-electron chi connectivity index (χ2n) is 5.69. The Balaban J connectivity index is 1.94. The number of halogens is 2. The molecule has 0 bridgehead atoms. The molecule has 1 N–H and O–H groups in total. The fraction of sp³-hybridized carbons (Fsp3) is 0.500. The molecule has 1 aromatic carbocycles. The third-order valence-corrected chi connectivity index (χ3v) is 4.76. The van der Waals surface area contributed by atoms with Crippen molar-refractivity contribution in [1.29, 1.82) is 0 Å². The van der Waals surface area contributed by atoms with Crippen LogP contribution in [0.2, 0.25) is 0 Å². The zero-order valence-corrected chi connectivity index (χ0v) is 13.8. The number of carbonyl (C=O) groups excluding carboxylic acids is 1. The molecule has 22 heavy (non-hydrogen) atoms. The number of amides is 1. The van der Waals surface area contributed by atoms with E-state index in [0.29, 0.717) is 25.1 Å². The van der Waals surface area contributed by atoms with E-state index >= 15 is 0 Å². The number of rotatable bonds is 5. The van der Waals surface area contributed by atoms with Crippen LogP contribution in [0.15, 0.2) is 22.7 Å². The minimum absolute atomic E-state index is 0.0358. The number of likely N-dealkylation sites (tertiary alicyclic amines) is 1. The molecule has 0 aromatic heterocycles. The van der Waals surface area contributed by atoms with E-state index in [2.05, 4.69) is 15.9 Å². The molecule has 2 rings (SSSR count). The molecular weight excluding hydrogens is 353 g/mol. The summed E-state index contributed by atoms with van der Waals surface area (Å²) in [6, 6.07) is 4.32. The third kappa shape index (κ3) is 4.80. The van der Waals surface area contributed by atoms with Gasteiger partial charge in [0.2, 0.25) is 5.91 Å². The van der Waals surface area contributed by atoms with Crippen LogP contribution < -0.4 is 0 Å². The molecular formula is C16H19BrFNO3. The third-order valence-electron chi connectivity index (χ3n) is 3.99. The molecule has 1 unspecified atom stereocenters. The normalized spacial score (nSPS) is 18.3. The summed E-state index contributed by atoms with van der Waals surface area (Å²) in [6.07, 6.45) is 2.75. The molecule has 1 aliphatic heterocycles. The summed E-state index contributed by atoms with van der Waals surface area (Å²) in [7, 11) is 0. The van der Waals surface area contributed by atoms with Crippen LogP contribution in [0.1, 0.15) is 31.2 Å². The monoisotopic (exact) mass is 371 g/mol. The Morgan fingerprint density at radius 1 is 1.41 bits per heavy atom. The van der Waals surface area contributed by atoms with Crippen LogP contribution in [-0.4, -0.2) is 35.0 Å². The molecule has 120 valence electrons. The summed E-state index contributed by atoms with van der Waals surface area (Å²) in [5.74, 6) is -0.952. The quantitative estimate of drug-likeness (QED) is 0.864. The first-order chi connectivity index (χ1) is 10.5. The Kier molecular flexibility index (Phi) is 5.94. The number of carbonyl (C=O) groups is 2. The molecule has 1 atom stereocenters. The fourth-order valence-corrected chi connectivity index (χ4v) is 3.20. The lowest BCUT2D eigenvalue weighted by Gasteiger charge is -2.32. The number of benzene rings is 1. The second kappa shape index (κ2) is 7.72. The van der Waals surface area contributed by atoms with Gasteiger partial charge in [0.15, 0.2) is 0 Å². The van der Waals surface area contributed by atoms with Crippen LogP contribution in [0.3, 0.4) is 0 Å². The van der Waals surface area contributed by atoms with Gasteiger partial charge < -0.3 is 10.0 Å². The van der Waals surface area contributed by atoms with Gasteiger partial charge in [-0.3, -0.25) is 9.59 Å². The van der Waals surface area contributed by atoms with Crippen LogP contribution in [0.4, 0.5) is 4.39 Å². The molecule has 0 saturated carbocycles. The van der Waals surface area contributed by atoms with Gasteiger partial charge in [-0.05, 0) is 48.9 Å². The highest BCUT2D eigenvalue weighted by molar-refractivity contribution is 9.10. The number of aliphatic carboxylic acids is 1. The Hall–Kier alpha value is -1.43. The molecule has 1 aromatic rings. The molecule has 6 heteroatoms. The van der Waals surface area contributed by atoms with E-state index < -0.39 is 5.97 Å². The average Bonchev–Trinajstić information content (AvgIpc) is 2.49. The highest BCUT2D eigenvalue weighted by Gasteiger charge is 2.24. The van der Waals surface area contributed by atoms with Gasteiger partial charge in [0.05, 0.1) is 6.42 Å². The Labute approximate surface area is 137 Å². The van der Waals surface area contributed by atoms with Crippen molar-refractivity contribution in [3.8, 4) is 0 Å². The van der Waals surface area contributed by atoms with Crippen LogP contribution in [0, 0.1) is 11.7 Å². The molecule has 1 aliphatic rings. The predicted octanol–water partition coefficient (Wildman–Crippen LogP) is 3.23. The van der Waals surface area contributed by atoms with Crippen molar-refractivity contribution in [2.45, 2.75) is 32.1 Å². The highest BCUT2D eigenvalue weighted by Crippen LogP contribution is 2.23. The van der Waals surface area contributed by atoms with Gasteiger partial charge in [0, 0.05) is 24.0 Å². The van der Waals surface area contributed by atoms with Gasteiger partial charge in [0.25, 0.3) is 0 Å². The zero-order valence-electron chi connectivity index (χ0n) is 12.2. The van der Waals surface area contributed by atoms with E-state index in [0.717, 1.165) is 17.3 Å². The van der Waals surface area contributed by atoms with E-state index in [9.17, 15) is 14.0 Å². The van der Waals surface area contributed by atoms with E-state index in [1.807, 2.05) is 0 Å². The summed E-state index contributed by atoms with van der Waals surface area (Å²) >= 11 is 3.33. The first kappa shape index (κ1) is 16.9.